The topological polar surface area (TPSA) is 61.5 Å². The molecule has 1 aromatic heterocycles. The summed E-state index contributed by atoms with van der Waals surface area (Å²) >= 11 is 0. The van der Waals surface area contributed by atoms with Gasteiger partial charge in [-0.05, 0) is 38.3 Å². The number of hydrogen-bond acceptors (Lipinski definition) is 5. The summed E-state index contributed by atoms with van der Waals surface area (Å²) in [5, 5.41) is 0. The summed E-state index contributed by atoms with van der Waals surface area (Å²) in [6, 6.07) is 9.73. The molecule has 1 N–H and O–H groups in total. The molecule has 1 atom stereocenters. The van der Waals surface area contributed by atoms with Crippen molar-refractivity contribution in [1.82, 2.24) is 14.9 Å². The van der Waals surface area contributed by atoms with Crippen LogP contribution in [0.2, 0.25) is 0 Å². The minimum absolute atomic E-state index is 0.0537. The molecule has 2 aromatic rings. The average molecular weight is 393 g/mol. The maximum absolute atomic E-state index is 12.3. The first kappa shape index (κ1) is 19.5. The van der Waals surface area contributed by atoms with Crippen molar-refractivity contribution < 1.29 is 4.74 Å². The number of nitrogens with zero attached hydrogens (tertiary/aromatic N) is 3. The van der Waals surface area contributed by atoms with E-state index in [2.05, 4.69) is 26.8 Å². The Morgan fingerprint density at radius 1 is 1.21 bits per heavy atom. The molecule has 0 saturated carbocycles. The molecule has 29 heavy (non-hydrogen) atoms. The number of hydrogen-bond donors (Lipinski definition) is 1. The summed E-state index contributed by atoms with van der Waals surface area (Å²) < 4.78 is 5.70. The Labute approximate surface area is 171 Å². The maximum atomic E-state index is 12.3. The minimum atomic E-state index is -0.0537. The number of aromatic amines is 1. The fraction of sp³-hybridized carbons (Fsp3) is 0.478. The molecule has 0 bridgehead atoms. The van der Waals surface area contributed by atoms with Crippen LogP contribution < -0.4 is 15.2 Å². The molecule has 6 heteroatoms. The van der Waals surface area contributed by atoms with Crippen LogP contribution in [-0.2, 0) is 6.54 Å². The van der Waals surface area contributed by atoms with Gasteiger partial charge in [-0.3, -0.25) is 14.7 Å². The van der Waals surface area contributed by atoms with Crippen LogP contribution in [0.3, 0.4) is 0 Å². The minimum Gasteiger partial charge on any atom is -0.481 e. The van der Waals surface area contributed by atoms with Crippen LogP contribution in [0, 0.1) is 12.3 Å². The molecule has 1 aromatic carbocycles. The number of para-hydroxylation sites is 1. The van der Waals surface area contributed by atoms with Crippen molar-refractivity contribution in [3.8, 4) is 18.1 Å². The lowest BCUT2D eigenvalue weighted by Crippen LogP contribution is -2.35. The average Bonchev–Trinajstić information content (AvgIpc) is 3.28. The summed E-state index contributed by atoms with van der Waals surface area (Å²) in [6.45, 7) is 4.94. The predicted molar refractivity (Wildman–Crippen MR) is 114 cm³/mol. The Hall–Kier alpha value is -2.78. The van der Waals surface area contributed by atoms with Crippen molar-refractivity contribution in [3.05, 3.63) is 51.9 Å². The number of H-pyrrole nitrogens is 1. The van der Waals surface area contributed by atoms with Crippen molar-refractivity contribution >= 4 is 5.95 Å². The third-order valence-electron chi connectivity index (χ3n) is 5.76. The number of aromatic nitrogens is 2. The molecule has 0 spiro atoms. The second kappa shape index (κ2) is 9.15. The first-order chi connectivity index (χ1) is 14.2. The van der Waals surface area contributed by atoms with Gasteiger partial charge in [-0.15, -0.1) is 6.42 Å². The first-order valence-corrected chi connectivity index (χ1v) is 10.5. The number of piperidine rings is 1. The number of nitrogens with one attached hydrogen (secondary N) is 1. The van der Waals surface area contributed by atoms with Crippen molar-refractivity contribution in [2.24, 2.45) is 0 Å². The first-order valence-electron chi connectivity index (χ1n) is 10.5. The lowest BCUT2D eigenvalue weighted by atomic mass is 9.94. The lowest BCUT2D eigenvalue weighted by molar-refractivity contribution is 0.196. The zero-order valence-electron chi connectivity index (χ0n) is 16.8. The van der Waals surface area contributed by atoms with Crippen LogP contribution in [0.1, 0.15) is 42.9 Å². The second-order valence-electron chi connectivity index (χ2n) is 7.86. The highest BCUT2D eigenvalue weighted by molar-refractivity contribution is 5.34. The van der Waals surface area contributed by atoms with E-state index in [1.54, 1.807) is 6.07 Å². The van der Waals surface area contributed by atoms with Crippen LogP contribution in [0.4, 0.5) is 5.95 Å². The van der Waals surface area contributed by atoms with E-state index in [1.807, 2.05) is 18.2 Å². The van der Waals surface area contributed by atoms with Crippen LogP contribution in [0.25, 0.3) is 0 Å². The smallest absolute Gasteiger partial charge is 0.252 e. The number of ether oxygens (including phenoxy) is 1. The van der Waals surface area contributed by atoms with Gasteiger partial charge < -0.3 is 9.64 Å². The Morgan fingerprint density at radius 2 is 2.03 bits per heavy atom. The molecule has 2 aliphatic heterocycles. The maximum Gasteiger partial charge on any atom is 0.252 e. The molecule has 152 valence electrons. The largest absolute Gasteiger partial charge is 0.481 e. The Morgan fingerprint density at radius 3 is 2.86 bits per heavy atom. The Balaban J connectivity index is 1.48. The van der Waals surface area contributed by atoms with Crippen molar-refractivity contribution in [2.45, 2.75) is 38.1 Å². The van der Waals surface area contributed by atoms with E-state index in [-0.39, 0.29) is 18.1 Å². The summed E-state index contributed by atoms with van der Waals surface area (Å²) in [5.41, 5.74) is 2.00. The van der Waals surface area contributed by atoms with Gasteiger partial charge >= 0.3 is 0 Å². The van der Waals surface area contributed by atoms with E-state index in [9.17, 15) is 4.79 Å². The van der Waals surface area contributed by atoms with E-state index in [1.165, 1.54) is 0 Å². The van der Waals surface area contributed by atoms with Crippen LogP contribution >= 0.6 is 0 Å². The van der Waals surface area contributed by atoms with Gasteiger partial charge in [0, 0.05) is 43.7 Å². The fourth-order valence-corrected chi connectivity index (χ4v) is 4.33. The fourth-order valence-electron chi connectivity index (χ4n) is 4.33. The molecule has 3 heterocycles. The van der Waals surface area contributed by atoms with E-state index < -0.39 is 0 Å². The summed E-state index contributed by atoms with van der Waals surface area (Å²) in [4.78, 5) is 24.6. The van der Waals surface area contributed by atoms with E-state index in [4.69, 9.17) is 16.1 Å². The standard InChI is InChI=1S/C23H28N4O2/c1-2-14-29-21-10-4-3-8-19(21)17-26-11-7-9-18(16-26)20-15-22(28)25-23(24-20)27-12-5-6-13-27/h1,3-4,8,10,15,18H,5-7,9,11-14,16-17H2,(H,24,25,28). The molecule has 2 aliphatic rings. The van der Waals surface area contributed by atoms with Crippen molar-refractivity contribution in [2.75, 3.05) is 37.7 Å². The van der Waals surface area contributed by atoms with Gasteiger partial charge in [0.05, 0.1) is 5.69 Å². The lowest BCUT2D eigenvalue weighted by Gasteiger charge is -2.33. The number of terminal acetylenes is 1. The van der Waals surface area contributed by atoms with Crippen molar-refractivity contribution in [1.29, 1.82) is 0 Å². The van der Waals surface area contributed by atoms with Crippen LogP contribution in [-0.4, -0.2) is 47.7 Å². The van der Waals surface area contributed by atoms with E-state index in [0.29, 0.717) is 0 Å². The Kier molecular flexibility index (Phi) is 6.16. The van der Waals surface area contributed by atoms with Gasteiger partial charge in [-0.1, -0.05) is 24.1 Å². The van der Waals surface area contributed by atoms with Gasteiger partial charge in [0.15, 0.2) is 0 Å². The third kappa shape index (κ3) is 4.80. The number of anilines is 1. The zero-order valence-corrected chi connectivity index (χ0v) is 16.8. The van der Waals surface area contributed by atoms with Gasteiger partial charge in [0.25, 0.3) is 5.56 Å². The molecular weight excluding hydrogens is 364 g/mol. The highest BCUT2D eigenvalue weighted by Gasteiger charge is 2.25. The zero-order chi connectivity index (χ0) is 20.1. The van der Waals surface area contributed by atoms with Crippen LogP contribution in [0.5, 0.6) is 5.75 Å². The normalized spacial score (nSPS) is 19.8. The highest BCUT2D eigenvalue weighted by atomic mass is 16.5. The van der Waals surface area contributed by atoms with Crippen molar-refractivity contribution in [3.63, 3.8) is 0 Å². The molecule has 2 fully saturated rings. The monoisotopic (exact) mass is 392 g/mol. The van der Waals surface area contributed by atoms with E-state index >= 15 is 0 Å². The molecule has 2 saturated heterocycles. The molecule has 4 rings (SSSR count). The van der Waals surface area contributed by atoms with Gasteiger partial charge in [0.2, 0.25) is 5.95 Å². The molecule has 0 amide bonds. The van der Waals surface area contributed by atoms with Gasteiger partial charge in [0.1, 0.15) is 12.4 Å². The van der Waals surface area contributed by atoms with Crippen LogP contribution in [0.15, 0.2) is 35.1 Å². The number of likely N-dealkylation sites (tertiary alicyclic amines) is 1. The molecule has 6 nitrogen and oxygen atoms in total. The summed E-state index contributed by atoms with van der Waals surface area (Å²) in [5.74, 6) is 4.38. The third-order valence-corrected chi connectivity index (χ3v) is 5.76. The summed E-state index contributed by atoms with van der Waals surface area (Å²) in [7, 11) is 0. The highest BCUT2D eigenvalue weighted by Crippen LogP contribution is 2.29. The molecule has 1 unspecified atom stereocenters. The molecule has 0 radical (unpaired) electrons. The quantitative estimate of drug-likeness (QED) is 0.766. The Bertz CT molecular complexity index is 927. The number of benzene rings is 1. The van der Waals surface area contributed by atoms with Gasteiger partial charge in [-0.2, -0.15) is 0 Å². The molecule has 0 aliphatic carbocycles. The van der Waals surface area contributed by atoms with E-state index in [0.717, 1.165) is 81.4 Å². The predicted octanol–water partition coefficient (Wildman–Crippen LogP) is 2.76. The SMILES string of the molecule is C#CCOc1ccccc1CN1CCCC(c2cc(=O)[nH]c(N3CCCC3)n2)C1. The number of rotatable bonds is 6. The second-order valence-corrected chi connectivity index (χ2v) is 7.86. The van der Waals surface area contributed by atoms with Gasteiger partial charge in [-0.25, -0.2) is 4.98 Å². The summed E-state index contributed by atoms with van der Waals surface area (Å²) in [6.07, 6.45) is 9.80. The molecular formula is C23H28N4O2.